The molecule has 2 N–H and O–H groups in total. The van der Waals surface area contributed by atoms with Crippen LogP contribution in [0.1, 0.15) is 73.6 Å². The number of ether oxygens (including phenoxy) is 1. The highest BCUT2D eigenvalue weighted by Crippen LogP contribution is 2.36. The molecule has 4 rings (SSSR count). The maximum Gasteiger partial charge on any atom is 0.335 e. The minimum Gasteiger partial charge on any atom is -0.497 e. The van der Waals surface area contributed by atoms with Gasteiger partial charge in [-0.25, -0.2) is 9.78 Å². The molecule has 1 aromatic heterocycles. The largest absolute Gasteiger partial charge is 0.497 e. The Hall–Kier alpha value is -3.90. The lowest BCUT2D eigenvalue weighted by atomic mass is 10.00. The number of imidazole rings is 1. The second-order valence-corrected chi connectivity index (χ2v) is 9.85. The summed E-state index contributed by atoms with van der Waals surface area (Å²) in [5.74, 6) is 0.895. The van der Waals surface area contributed by atoms with Crippen molar-refractivity contribution in [3.63, 3.8) is 0 Å². The van der Waals surface area contributed by atoms with Crippen molar-refractivity contribution < 1.29 is 14.6 Å². The van der Waals surface area contributed by atoms with Crippen LogP contribution in [0.2, 0.25) is 0 Å². The van der Waals surface area contributed by atoms with Gasteiger partial charge in [0.2, 0.25) is 0 Å². The number of nitrogens with one attached hydrogen (secondary N) is 1. The molecule has 6 heteroatoms. The molecular formula is C33H39N3O3. The van der Waals surface area contributed by atoms with Crippen molar-refractivity contribution >= 4 is 5.97 Å². The van der Waals surface area contributed by atoms with Crippen molar-refractivity contribution in [3.05, 3.63) is 95.7 Å². The quantitative estimate of drug-likeness (QED) is 0.176. The van der Waals surface area contributed by atoms with Gasteiger partial charge in [0.1, 0.15) is 11.6 Å². The third kappa shape index (κ3) is 6.95. The molecule has 0 radical (unpaired) electrons. The second-order valence-electron chi connectivity index (χ2n) is 9.85. The van der Waals surface area contributed by atoms with Gasteiger partial charge in [-0.2, -0.15) is 0 Å². The van der Waals surface area contributed by atoms with E-state index in [-0.39, 0.29) is 6.04 Å². The van der Waals surface area contributed by atoms with Gasteiger partial charge in [-0.05, 0) is 54.8 Å². The summed E-state index contributed by atoms with van der Waals surface area (Å²) < 4.78 is 7.84. The lowest BCUT2D eigenvalue weighted by Crippen LogP contribution is -2.24. The van der Waals surface area contributed by atoms with E-state index >= 15 is 0 Å². The highest BCUT2D eigenvalue weighted by Gasteiger charge is 2.26. The fourth-order valence-corrected chi connectivity index (χ4v) is 4.88. The van der Waals surface area contributed by atoms with Gasteiger partial charge >= 0.3 is 5.97 Å². The van der Waals surface area contributed by atoms with E-state index in [1.807, 2.05) is 30.3 Å². The third-order valence-electron chi connectivity index (χ3n) is 7.07. The molecule has 0 aliphatic heterocycles. The van der Waals surface area contributed by atoms with Crippen molar-refractivity contribution in [2.45, 2.75) is 65.1 Å². The molecule has 204 valence electrons. The fraction of sp³-hybridized carbons (Fsp3) is 0.333. The lowest BCUT2D eigenvalue weighted by molar-refractivity contribution is 0.0697. The first-order valence-electron chi connectivity index (χ1n) is 13.9. The van der Waals surface area contributed by atoms with Crippen LogP contribution in [0.3, 0.4) is 0 Å². The number of methoxy groups -OCH3 is 1. The Morgan fingerprint density at radius 3 is 2.23 bits per heavy atom. The normalized spacial score (nSPS) is 11.9. The van der Waals surface area contributed by atoms with Gasteiger partial charge in [-0.15, -0.1) is 0 Å². The zero-order valence-corrected chi connectivity index (χ0v) is 23.2. The average molecular weight is 526 g/mol. The Labute approximate surface area is 231 Å². The summed E-state index contributed by atoms with van der Waals surface area (Å²) in [7, 11) is 1.68. The fourth-order valence-electron chi connectivity index (χ4n) is 4.88. The summed E-state index contributed by atoms with van der Waals surface area (Å²) in [6.07, 6.45) is 5.29. The van der Waals surface area contributed by atoms with Crippen molar-refractivity contribution in [3.8, 4) is 28.4 Å². The monoisotopic (exact) mass is 525 g/mol. The molecule has 1 atom stereocenters. The van der Waals surface area contributed by atoms with Gasteiger partial charge in [0.25, 0.3) is 0 Å². The molecule has 0 bridgehead atoms. The van der Waals surface area contributed by atoms with Crippen LogP contribution < -0.4 is 10.1 Å². The standard InChI is InChI=1S/C33H39N3O3/c1-4-6-13-29(34-23-24-14-16-27(17-15-24)33(37)38)31-30(25-18-20-28(39-3)21-19-25)35-32(36(31)22-7-5-2)26-11-9-8-10-12-26/h8-12,14-21,29,34H,4-7,13,22-23H2,1-3H3,(H,37,38). The first kappa shape index (κ1) is 28.1. The van der Waals surface area contributed by atoms with Crippen LogP contribution in [0.4, 0.5) is 0 Å². The number of benzene rings is 3. The Bertz CT molecular complexity index is 1330. The van der Waals surface area contributed by atoms with Crippen molar-refractivity contribution in [1.29, 1.82) is 0 Å². The minimum atomic E-state index is -0.910. The SMILES string of the molecule is CCCCC(NCc1ccc(C(=O)O)cc1)c1c(-c2ccc(OC)cc2)nc(-c2ccccc2)n1CCCC. The topological polar surface area (TPSA) is 76.4 Å². The highest BCUT2D eigenvalue weighted by atomic mass is 16.5. The Morgan fingerprint density at radius 2 is 1.62 bits per heavy atom. The summed E-state index contributed by atoms with van der Waals surface area (Å²) in [5.41, 5.74) is 5.70. The predicted molar refractivity (Wildman–Crippen MR) is 157 cm³/mol. The van der Waals surface area contributed by atoms with E-state index in [1.54, 1.807) is 19.2 Å². The molecule has 0 saturated carbocycles. The van der Waals surface area contributed by atoms with E-state index in [2.05, 4.69) is 60.1 Å². The smallest absolute Gasteiger partial charge is 0.335 e. The molecule has 4 aromatic rings. The van der Waals surface area contributed by atoms with Gasteiger partial charge in [-0.3, -0.25) is 0 Å². The first-order valence-corrected chi connectivity index (χ1v) is 13.9. The highest BCUT2D eigenvalue weighted by molar-refractivity contribution is 5.87. The summed E-state index contributed by atoms with van der Waals surface area (Å²) in [6.45, 7) is 5.96. The van der Waals surface area contributed by atoms with E-state index in [4.69, 9.17) is 9.72 Å². The number of aromatic nitrogens is 2. The van der Waals surface area contributed by atoms with Crippen molar-refractivity contribution in [2.75, 3.05) is 7.11 Å². The molecule has 1 unspecified atom stereocenters. The number of unbranched alkanes of at least 4 members (excludes halogenated alkanes) is 2. The number of hydrogen-bond acceptors (Lipinski definition) is 4. The summed E-state index contributed by atoms with van der Waals surface area (Å²) in [5, 5.41) is 13.1. The molecule has 0 saturated heterocycles. The molecule has 6 nitrogen and oxygen atoms in total. The number of carbonyl (C=O) groups is 1. The van der Waals surface area contributed by atoms with Crippen LogP contribution >= 0.6 is 0 Å². The zero-order valence-electron chi connectivity index (χ0n) is 23.2. The average Bonchev–Trinajstić information content (AvgIpc) is 3.36. The van der Waals surface area contributed by atoms with Crippen LogP contribution in [-0.4, -0.2) is 27.7 Å². The van der Waals surface area contributed by atoms with Crippen molar-refractivity contribution in [2.24, 2.45) is 0 Å². The second kappa shape index (κ2) is 13.8. The summed E-state index contributed by atoms with van der Waals surface area (Å²) in [4.78, 5) is 16.6. The summed E-state index contributed by atoms with van der Waals surface area (Å²) >= 11 is 0. The third-order valence-corrected chi connectivity index (χ3v) is 7.07. The lowest BCUT2D eigenvalue weighted by Gasteiger charge is -2.23. The molecule has 39 heavy (non-hydrogen) atoms. The van der Waals surface area contributed by atoms with E-state index in [9.17, 15) is 9.90 Å². The Kier molecular flexibility index (Phi) is 9.92. The maximum atomic E-state index is 11.3. The number of hydrogen-bond donors (Lipinski definition) is 2. The number of nitrogens with zero attached hydrogens (tertiary/aromatic N) is 2. The van der Waals surface area contributed by atoms with E-state index in [0.29, 0.717) is 12.1 Å². The van der Waals surface area contributed by atoms with Crippen LogP contribution in [0, 0.1) is 0 Å². The van der Waals surface area contributed by atoms with Gasteiger partial charge < -0.3 is 19.7 Å². The number of rotatable bonds is 14. The van der Waals surface area contributed by atoms with Gasteiger partial charge in [-0.1, -0.05) is 75.6 Å². The van der Waals surface area contributed by atoms with E-state index in [1.165, 1.54) is 5.69 Å². The van der Waals surface area contributed by atoms with E-state index < -0.39 is 5.97 Å². The first-order chi connectivity index (χ1) is 19.0. The van der Waals surface area contributed by atoms with Crippen LogP contribution in [0.5, 0.6) is 5.75 Å². The van der Waals surface area contributed by atoms with Crippen molar-refractivity contribution in [1.82, 2.24) is 14.9 Å². The molecule has 0 aliphatic rings. The molecule has 0 spiro atoms. The Morgan fingerprint density at radius 1 is 0.923 bits per heavy atom. The maximum absolute atomic E-state index is 11.3. The van der Waals surface area contributed by atoms with Gasteiger partial charge in [0, 0.05) is 30.3 Å². The predicted octanol–water partition coefficient (Wildman–Crippen LogP) is 7.75. The molecule has 0 amide bonds. The zero-order chi connectivity index (χ0) is 27.6. The number of aromatic carboxylic acids is 1. The molecule has 0 fully saturated rings. The number of carboxylic acids is 1. The molecule has 0 aliphatic carbocycles. The summed E-state index contributed by atoms with van der Waals surface area (Å²) in [6, 6.07) is 25.8. The van der Waals surface area contributed by atoms with E-state index in [0.717, 1.165) is 72.6 Å². The van der Waals surface area contributed by atoms with Crippen LogP contribution in [0.15, 0.2) is 78.9 Å². The molecule has 1 heterocycles. The van der Waals surface area contributed by atoms with Gasteiger partial charge in [0.15, 0.2) is 0 Å². The Balaban J connectivity index is 1.81. The minimum absolute atomic E-state index is 0.0722. The molecular weight excluding hydrogens is 486 g/mol. The van der Waals surface area contributed by atoms with Gasteiger partial charge in [0.05, 0.1) is 24.1 Å². The van der Waals surface area contributed by atoms with Crippen LogP contribution in [0.25, 0.3) is 22.6 Å². The number of carboxylic acid groups (broad SMARTS) is 1. The molecule has 3 aromatic carbocycles. The van der Waals surface area contributed by atoms with Crippen LogP contribution in [-0.2, 0) is 13.1 Å².